The average molecular weight is 758 g/mol. The number of furan rings is 2. The van der Waals surface area contributed by atoms with Crippen LogP contribution in [-0.4, -0.2) is 9.13 Å². The second-order valence-electron chi connectivity index (χ2n) is 14.7. The van der Waals surface area contributed by atoms with Gasteiger partial charge in [0.2, 0.25) is 0 Å². The number of para-hydroxylation sites is 4. The molecule has 0 saturated carbocycles. The number of fused-ring (bicyclic) bond motifs is 14. The van der Waals surface area contributed by atoms with Crippen molar-refractivity contribution in [2.24, 2.45) is 0 Å². The zero-order valence-corrected chi connectivity index (χ0v) is 30.3. The zero-order valence-electron chi connectivity index (χ0n) is 30.3. The van der Waals surface area contributed by atoms with Crippen LogP contribution in [0.5, 0.6) is 0 Å². The van der Waals surface area contributed by atoms with Gasteiger partial charge in [0.15, 0.2) is 0 Å². The minimum atomic E-state index is -4.86. The molecule has 58 heavy (non-hydrogen) atoms. The molecule has 0 saturated heterocycles. The SMILES string of the molecule is N#Cc1cccc(-c2cc(-n3c4ccccc4c4ccc5oc6ccccc6c5c43)c(C(F)(F)F)c(-n3c4ccccc4c4ccc5oc6ccccc6c5c43)c2)c1. The molecular weight excluding hydrogens is 732 g/mol. The smallest absolute Gasteiger partial charge is 0.420 e. The highest BCUT2D eigenvalue weighted by atomic mass is 19.4. The van der Waals surface area contributed by atoms with Crippen LogP contribution in [0.2, 0.25) is 0 Å². The van der Waals surface area contributed by atoms with Crippen LogP contribution >= 0.6 is 0 Å². The molecule has 0 fully saturated rings. The van der Waals surface area contributed by atoms with E-state index in [1.165, 1.54) is 0 Å². The van der Waals surface area contributed by atoms with Crippen molar-refractivity contribution in [2.75, 3.05) is 0 Å². The molecule has 12 aromatic rings. The molecule has 0 bridgehead atoms. The Morgan fingerprint density at radius 3 is 1.43 bits per heavy atom. The van der Waals surface area contributed by atoms with Gasteiger partial charge in [0.1, 0.15) is 27.9 Å². The molecule has 0 N–H and O–H groups in total. The Labute approximate surface area is 326 Å². The first kappa shape index (κ1) is 32.5. The van der Waals surface area contributed by atoms with Gasteiger partial charge >= 0.3 is 6.18 Å². The van der Waals surface area contributed by atoms with Gasteiger partial charge in [-0.05, 0) is 83.9 Å². The van der Waals surface area contributed by atoms with Crippen molar-refractivity contribution in [3.8, 4) is 28.6 Å². The number of rotatable bonds is 3. The molecule has 0 atom stereocenters. The molecular formula is C50H26F3N3O2. The number of hydrogen-bond donors (Lipinski definition) is 0. The van der Waals surface area contributed by atoms with E-state index in [2.05, 4.69) is 6.07 Å². The Balaban J connectivity index is 1.34. The van der Waals surface area contributed by atoms with Gasteiger partial charge < -0.3 is 18.0 Å². The lowest BCUT2D eigenvalue weighted by Crippen LogP contribution is -2.16. The molecule has 5 nitrogen and oxygen atoms in total. The Bertz CT molecular complexity index is 3550. The maximum absolute atomic E-state index is 16.7. The van der Waals surface area contributed by atoms with Gasteiger partial charge in [0.05, 0.1) is 55.8 Å². The van der Waals surface area contributed by atoms with Gasteiger partial charge in [0.25, 0.3) is 0 Å². The van der Waals surface area contributed by atoms with Crippen LogP contribution < -0.4 is 0 Å². The Kier molecular flexibility index (Phi) is 6.52. The van der Waals surface area contributed by atoms with Gasteiger partial charge in [-0.25, -0.2) is 0 Å². The predicted octanol–water partition coefficient (Wildman–Crippen LogP) is 14.2. The molecule has 0 aliphatic carbocycles. The summed E-state index contributed by atoms with van der Waals surface area (Å²) in [6, 6.07) is 50.5. The molecule has 8 aromatic carbocycles. The second-order valence-corrected chi connectivity index (χ2v) is 14.7. The molecule has 0 spiro atoms. The molecule has 12 rings (SSSR count). The quantitative estimate of drug-likeness (QED) is 0.180. The number of hydrogen-bond acceptors (Lipinski definition) is 3. The Hall–Kier alpha value is -7.76. The zero-order chi connectivity index (χ0) is 38.9. The molecule has 0 aliphatic heterocycles. The van der Waals surface area contributed by atoms with Gasteiger partial charge in [-0.15, -0.1) is 0 Å². The topological polar surface area (TPSA) is 59.9 Å². The van der Waals surface area contributed by atoms with E-state index in [-0.39, 0.29) is 11.4 Å². The summed E-state index contributed by atoms with van der Waals surface area (Å²) in [6.45, 7) is 0. The largest absolute Gasteiger partial charge is 0.456 e. The van der Waals surface area contributed by atoms with E-state index in [0.29, 0.717) is 61.1 Å². The summed E-state index contributed by atoms with van der Waals surface area (Å²) >= 11 is 0. The van der Waals surface area contributed by atoms with E-state index in [4.69, 9.17) is 8.83 Å². The third kappa shape index (κ3) is 4.41. The van der Waals surface area contributed by atoms with E-state index >= 15 is 13.2 Å². The maximum Gasteiger partial charge on any atom is 0.420 e. The second kappa shape index (κ2) is 11.6. The summed E-state index contributed by atoms with van der Waals surface area (Å²) in [4.78, 5) is 0. The van der Waals surface area contributed by atoms with E-state index in [9.17, 15) is 5.26 Å². The third-order valence-corrected chi connectivity index (χ3v) is 11.5. The van der Waals surface area contributed by atoms with Crippen molar-refractivity contribution in [3.05, 3.63) is 169 Å². The van der Waals surface area contributed by atoms with Crippen molar-refractivity contribution in [1.29, 1.82) is 5.26 Å². The van der Waals surface area contributed by atoms with Crippen LogP contribution in [0.4, 0.5) is 13.2 Å². The Morgan fingerprint density at radius 2 is 0.931 bits per heavy atom. The highest BCUT2D eigenvalue weighted by molar-refractivity contribution is 6.26. The standard InChI is InChI=1S/C50H26F3N3O2/c51-50(52,53)47-39(55-37-16-5-1-12-31(37)33-20-22-43-45(48(33)55)35-14-3-7-18-41(35)57-43)25-30(29-11-9-10-28(24-29)27-54)26-40(47)56-38-17-6-2-13-32(38)34-21-23-44-46(49(34)56)36-15-4-8-19-42(36)58-44/h1-26H. The fraction of sp³-hybridized carbons (Fsp3) is 0.0200. The third-order valence-electron chi connectivity index (χ3n) is 11.5. The fourth-order valence-electron chi connectivity index (χ4n) is 9.22. The predicted molar refractivity (Wildman–Crippen MR) is 225 cm³/mol. The summed E-state index contributed by atoms with van der Waals surface area (Å²) in [5, 5.41) is 16.2. The van der Waals surface area contributed by atoms with Crippen molar-refractivity contribution in [1.82, 2.24) is 9.13 Å². The molecule has 0 aliphatic rings. The lowest BCUT2D eigenvalue weighted by Gasteiger charge is -2.23. The minimum absolute atomic E-state index is 0.0542. The molecule has 4 aromatic heterocycles. The number of nitriles is 1. The molecule has 4 heterocycles. The average Bonchev–Trinajstić information content (AvgIpc) is 4.00. The van der Waals surface area contributed by atoms with Gasteiger partial charge in [-0.1, -0.05) is 84.9 Å². The lowest BCUT2D eigenvalue weighted by atomic mass is 9.97. The summed E-state index contributed by atoms with van der Waals surface area (Å²) in [5.74, 6) is 0. The first-order valence-corrected chi connectivity index (χ1v) is 18.8. The first-order chi connectivity index (χ1) is 28.4. The number of alkyl halides is 3. The van der Waals surface area contributed by atoms with Crippen LogP contribution in [0.15, 0.2) is 167 Å². The summed E-state index contributed by atoms with van der Waals surface area (Å²) in [7, 11) is 0. The number of nitrogens with zero attached hydrogens (tertiary/aromatic N) is 3. The minimum Gasteiger partial charge on any atom is -0.456 e. The van der Waals surface area contributed by atoms with E-state index in [0.717, 1.165) is 43.1 Å². The molecule has 8 heteroatoms. The summed E-state index contributed by atoms with van der Waals surface area (Å²) < 4.78 is 66.1. The van der Waals surface area contributed by atoms with E-state index in [1.807, 2.05) is 127 Å². The normalized spacial score (nSPS) is 12.4. The summed E-state index contributed by atoms with van der Waals surface area (Å²) in [5.41, 5.74) is 5.45. The first-order valence-electron chi connectivity index (χ1n) is 18.8. The highest BCUT2D eigenvalue weighted by Gasteiger charge is 2.40. The Morgan fingerprint density at radius 1 is 0.448 bits per heavy atom. The van der Waals surface area contributed by atoms with Crippen LogP contribution in [0.3, 0.4) is 0 Å². The summed E-state index contributed by atoms with van der Waals surface area (Å²) in [6.07, 6.45) is -4.86. The molecule has 0 radical (unpaired) electrons. The fourth-order valence-corrected chi connectivity index (χ4v) is 9.22. The van der Waals surface area contributed by atoms with Crippen molar-refractivity contribution in [3.63, 3.8) is 0 Å². The molecule has 0 amide bonds. The molecule has 274 valence electrons. The molecule has 0 unspecified atom stereocenters. The van der Waals surface area contributed by atoms with E-state index in [1.54, 1.807) is 39.5 Å². The van der Waals surface area contributed by atoms with Crippen LogP contribution in [0, 0.1) is 11.3 Å². The van der Waals surface area contributed by atoms with Gasteiger partial charge in [-0.2, -0.15) is 18.4 Å². The monoisotopic (exact) mass is 757 g/mol. The van der Waals surface area contributed by atoms with Gasteiger partial charge in [-0.3, -0.25) is 0 Å². The lowest BCUT2D eigenvalue weighted by molar-refractivity contribution is -0.137. The maximum atomic E-state index is 16.7. The van der Waals surface area contributed by atoms with Crippen LogP contribution in [-0.2, 0) is 6.18 Å². The number of halogens is 3. The van der Waals surface area contributed by atoms with Crippen molar-refractivity contribution in [2.45, 2.75) is 6.18 Å². The number of benzene rings is 8. The van der Waals surface area contributed by atoms with Crippen LogP contribution in [0.25, 0.3) is 110 Å². The highest BCUT2D eigenvalue weighted by Crippen LogP contribution is 2.49. The van der Waals surface area contributed by atoms with E-state index < -0.39 is 11.7 Å². The number of aromatic nitrogens is 2. The van der Waals surface area contributed by atoms with Gasteiger partial charge in [0, 0.05) is 32.3 Å². The van der Waals surface area contributed by atoms with Crippen LogP contribution in [0.1, 0.15) is 11.1 Å². The van der Waals surface area contributed by atoms with Crippen molar-refractivity contribution >= 4 is 87.5 Å². The van der Waals surface area contributed by atoms with Crippen molar-refractivity contribution < 1.29 is 22.0 Å².